The Morgan fingerprint density at radius 2 is 1.84 bits per heavy atom. The molecule has 0 radical (unpaired) electrons. The minimum Gasteiger partial charge on any atom is -0.342 e. The van der Waals surface area contributed by atoms with Gasteiger partial charge in [0.2, 0.25) is 0 Å². The van der Waals surface area contributed by atoms with Gasteiger partial charge in [-0.1, -0.05) is 18.5 Å². The lowest BCUT2D eigenvalue weighted by molar-refractivity contribution is 0.286. The Bertz CT molecular complexity index is 1280. The second-order valence-electron chi connectivity index (χ2n) is 8.47. The van der Waals surface area contributed by atoms with Gasteiger partial charge >= 0.3 is 0 Å². The van der Waals surface area contributed by atoms with E-state index in [1.54, 1.807) is 18.3 Å². The molecule has 4 aromatic rings. The average Bonchev–Trinajstić information content (AvgIpc) is 3.21. The summed E-state index contributed by atoms with van der Waals surface area (Å²) < 4.78 is 41.3. The largest absolute Gasteiger partial charge is 0.342 e. The molecule has 1 fully saturated rings. The van der Waals surface area contributed by atoms with Crippen LogP contribution in [0.4, 0.5) is 13.2 Å². The van der Waals surface area contributed by atoms with Crippen LogP contribution in [-0.2, 0) is 0 Å². The highest BCUT2D eigenvalue weighted by atomic mass is 35.5. The summed E-state index contributed by atoms with van der Waals surface area (Å²) in [6.07, 6.45) is 5.72. The Balaban J connectivity index is 1.36. The zero-order valence-electron chi connectivity index (χ0n) is 16.9. The molecule has 2 aromatic carbocycles. The molecule has 160 valence electrons. The Morgan fingerprint density at radius 3 is 2.61 bits per heavy atom. The fraction of sp³-hybridized carbons (Fsp3) is 0.333. The van der Waals surface area contributed by atoms with Crippen molar-refractivity contribution in [3.63, 3.8) is 0 Å². The number of hydrogen-bond donors (Lipinski definition) is 1. The molecule has 1 unspecified atom stereocenters. The molecule has 1 atom stereocenters. The molecule has 0 amide bonds. The van der Waals surface area contributed by atoms with Crippen LogP contribution < -0.4 is 0 Å². The molecule has 0 saturated heterocycles. The monoisotopic (exact) mass is 443 g/mol. The van der Waals surface area contributed by atoms with Crippen LogP contribution in [0.1, 0.15) is 55.8 Å². The van der Waals surface area contributed by atoms with Crippen LogP contribution in [-0.4, -0.2) is 15.0 Å². The molecular formula is C24H21ClF3N3. The van der Waals surface area contributed by atoms with E-state index in [-0.39, 0.29) is 22.3 Å². The lowest BCUT2D eigenvalue weighted by atomic mass is 9.73. The van der Waals surface area contributed by atoms with E-state index < -0.39 is 11.6 Å². The molecule has 0 bridgehead atoms. The molecule has 2 heterocycles. The maximum Gasteiger partial charge on any atom is 0.179 e. The molecule has 0 aliphatic heterocycles. The minimum absolute atomic E-state index is 0.0992. The van der Waals surface area contributed by atoms with Crippen molar-refractivity contribution in [3.8, 4) is 0 Å². The molecule has 31 heavy (non-hydrogen) atoms. The van der Waals surface area contributed by atoms with Crippen molar-refractivity contribution in [2.45, 2.75) is 44.4 Å². The zero-order chi connectivity index (χ0) is 21.7. The van der Waals surface area contributed by atoms with Crippen molar-refractivity contribution >= 4 is 33.5 Å². The van der Waals surface area contributed by atoms with E-state index in [2.05, 4.69) is 21.9 Å². The van der Waals surface area contributed by atoms with E-state index >= 15 is 0 Å². The summed E-state index contributed by atoms with van der Waals surface area (Å²) in [5, 5.41) is 0.597. The van der Waals surface area contributed by atoms with Gasteiger partial charge in [0.1, 0.15) is 22.2 Å². The van der Waals surface area contributed by atoms with Crippen molar-refractivity contribution in [2.24, 2.45) is 5.92 Å². The minimum atomic E-state index is -1.07. The highest BCUT2D eigenvalue weighted by Gasteiger charge is 2.29. The van der Waals surface area contributed by atoms with Crippen LogP contribution in [0.2, 0.25) is 5.02 Å². The van der Waals surface area contributed by atoms with Gasteiger partial charge < -0.3 is 4.98 Å². The number of benzene rings is 2. The lowest BCUT2D eigenvalue weighted by Gasteiger charge is -2.32. The van der Waals surface area contributed by atoms with Gasteiger partial charge in [-0.15, -0.1) is 0 Å². The molecule has 5 rings (SSSR count). The smallest absolute Gasteiger partial charge is 0.179 e. The topological polar surface area (TPSA) is 41.6 Å². The highest BCUT2D eigenvalue weighted by molar-refractivity contribution is 6.35. The Morgan fingerprint density at radius 1 is 1.06 bits per heavy atom. The summed E-state index contributed by atoms with van der Waals surface area (Å²) in [7, 11) is 0. The van der Waals surface area contributed by atoms with E-state index in [0.29, 0.717) is 23.2 Å². The van der Waals surface area contributed by atoms with Crippen LogP contribution >= 0.6 is 11.6 Å². The second kappa shape index (κ2) is 7.83. The zero-order valence-corrected chi connectivity index (χ0v) is 17.7. The van der Waals surface area contributed by atoms with Crippen LogP contribution in [0.3, 0.4) is 0 Å². The number of halogens is 4. The van der Waals surface area contributed by atoms with Crippen LogP contribution in [0.25, 0.3) is 21.9 Å². The fourth-order valence-corrected chi connectivity index (χ4v) is 5.18. The normalized spacial score (nSPS) is 20.4. The molecule has 1 N–H and O–H groups in total. The first kappa shape index (κ1) is 20.3. The summed E-state index contributed by atoms with van der Waals surface area (Å²) in [6.45, 7) is 2.08. The first-order chi connectivity index (χ1) is 14.9. The number of imidazole rings is 1. The first-order valence-electron chi connectivity index (χ1n) is 10.5. The Labute approximate surface area is 182 Å². The number of nitrogens with one attached hydrogen (secondary N) is 1. The van der Waals surface area contributed by atoms with Crippen LogP contribution in [0, 0.1) is 23.4 Å². The number of rotatable bonds is 3. The molecule has 0 spiro atoms. The number of nitrogens with zero attached hydrogens (tertiary/aromatic N) is 2. The highest BCUT2D eigenvalue weighted by Crippen LogP contribution is 2.43. The molecule has 1 aliphatic rings. The van der Waals surface area contributed by atoms with Crippen molar-refractivity contribution in [3.05, 3.63) is 70.4 Å². The van der Waals surface area contributed by atoms with E-state index in [0.717, 1.165) is 48.2 Å². The van der Waals surface area contributed by atoms with Crippen molar-refractivity contribution < 1.29 is 13.2 Å². The van der Waals surface area contributed by atoms with Gasteiger partial charge in [-0.25, -0.2) is 18.2 Å². The quantitative estimate of drug-likeness (QED) is 0.338. The predicted octanol–water partition coefficient (Wildman–Crippen LogP) is 7.26. The average molecular weight is 444 g/mol. The Hall–Kier alpha value is -2.60. The number of hydrogen-bond acceptors (Lipinski definition) is 2. The summed E-state index contributed by atoms with van der Waals surface area (Å²) in [5.41, 5.74) is 2.64. The van der Waals surface area contributed by atoms with Gasteiger partial charge in [-0.2, -0.15) is 0 Å². The number of H-pyrrole nitrogens is 1. The van der Waals surface area contributed by atoms with E-state index in [9.17, 15) is 13.2 Å². The summed E-state index contributed by atoms with van der Waals surface area (Å²) in [4.78, 5) is 12.0. The van der Waals surface area contributed by atoms with E-state index in [1.165, 1.54) is 6.07 Å². The number of fused-ring (bicyclic) bond motifs is 2. The predicted molar refractivity (Wildman–Crippen MR) is 116 cm³/mol. The molecule has 7 heteroatoms. The molecular weight excluding hydrogens is 423 g/mol. The molecule has 2 aromatic heterocycles. The van der Waals surface area contributed by atoms with Gasteiger partial charge in [0.15, 0.2) is 11.6 Å². The maximum atomic E-state index is 13.8. The number of aromatic amines is 1. The van der Waals surface area contributed by atoms with E-state index in [4.69, 9.17) is 11.6 Å². The summed E-state index contributed by atoms with van der Waals surface area (Å²) in [6, 6.07) is 7.84. The van der Waals surface area contributed by atoms with Gasteiger partial charge in [0.05, 0.1) is 11.0 Å². The molecule has 3 nitrogen and oxygen atoms in total. The van der Waals surface area contributed by atoms with Crippen molar-refractivity contribution in [1.29, 1.82) is 0 Å². The van der Waals surface area contributed by atoms with E-state index in [1.807, 2.05) is 6.07 Å². The lowest BCUT2D eigenvalue weighted by Crippen LogP contribution is -2.19. The van der Waals surface area contributed by atoms with Crippen molar-refractivity contribution in [1.82, 2.24) is 15.0 Å². The first-order valence-corrected chi connectivity index (χ1v) is 10.9. The number of pyridine rings is 1. The summed E-state index contributed by atoms with van der Waals surface area (Å²) >= 11 is 5.95. The number of aromatic nitrogens is 3. The summed E-state index contributed by atoms with van der Waals surface area (Å²) in [5.74, 6) is -0.771. The van der Waals surface area contributed by atoms with Crippen LogP contribution in [0.5, 0.6) is 0 Å². The van der Waals surface area contributed by atoms with Gasteiger partial charge in [-0.3, -0.25) is 4.98 Å². The molecule has 1 aliphatic carbocycles. The van der Waals surface area contributed by atoms with Gasteiger partial charge in [0.25, 0.3) is 0 Å². The van der Waals surface area contributed by atoms with Gasteiger partial charge in [0, 0.05) is 23.6 Å². The maximum absolute atomic E-state index is 13.8. The standard InChI is InChI=1S/C24H21ClF3N3/c1-12(24-30-20-11-18(27)22(28)21(25)23(20)31-24)13-2-4-14(5-3-13)16-8-9-29-19-7-6-15(26)10-17(16)19/h6-14H,2-5H2,1H3,(H,30,31). The molecule has 1 saturated carbocycles. The third-order valence-corrected chi connectivity index (χ3v) is 7.06. The van der Waals surface area contributed by atoms with Crippen LogP contribution in [0.15, 0.2) is 36.5 Å². The second-order valence-corrected chi connectivity index (χ2v) is 8.84. The Kier molecular flexibility index (Phi) is 5.13. The third-order valence-electron chi connectivity index (χ3n) is 6.72. The van der Waals surface area contributed by atoms with Crippen molar-refractivity contribution in [2.75, 3.05) is 0 Å². The fourth-order valence-electron chi connectivity index (χ4n) is 4.94. The SMILES string of the molecule is CC(c1nc2c(Cl)c(F)c(F)cc2[nH]1)C1CCC(c2ccnc3ccc(F)cc23)CC1. The third kappa shape index (κ3) is 3.57. The van der Waals surface area contributed by atoms with Gasteiger partial charge in [-0.05, 0) is 67.3 Å².